The van der Waals surface area contributed by atoms with Gasteiger partial charge in [-0.15, -0.1) is 0 Å². The number of carbonyl (C=O) groups excluding carboxylic acids is 1. The van der Waals surface area contributed by atoms with Crippen LogP contribution >= 0.6 is 11.8 Å². The van der Waals surface area contributed by atoms with Crippen LogP contribution in [0.3, 0.4) is 0 Å². The van der Waals surface area contributed by atoms with Crippen LogP contribution in [0, 0.1) is 0 Å². The summed E-state index contributed by atoms with van der Waals surface area (Å²) in [5.74, 6) is -1.08. The maximum atomic E-state index is 11.6. The molecule has 0 fully saturated rings. The topological polar surface area (TPSA) is 63.6 Å². The zero-order chi connectivity index (χ0) is 22.0. The largest absolute Gasteiger partial charge is 0.478 e. The molecule has 0 heterocycles. The van der Waals surface area contributed by atoms with Crippen molar-refractivity contribution in [3.05, 3.63) is 89.5 Å². The number of fused-ring (bicyclic) bond motifs is 1. The molecular weight excluding hydrogens is 408 g/mol. The summed E-state index contributed by atoms with van der Waals surface area (Å²) in [6, 6.07) is 21.2. The number of para-hydroxylation sites is 1. The number of hydrogen-bond acceptors (Lipinski definition) is 4. The molecule has 31 heavy (non-hydrogen) atoms. The van der Waals surface area contributed by atoms with Crippen LogP contribution in [0.15, 0.2) is 77.7 Å². The van der Waals surface area contributed by atoms with Gasteiger partial charge in [0.1, 0.15) is 5.56 Å². The maximum Gasteiger partial charge on any atom is 0.339 e. The van der Waals surface area contributed by atoms with Gasteiger partial charge < -0.3 is 9.84 Å². The number of carboxylic acid groups (broad SMARTS) is 1. The Morgan fingerprint density at radius 2 is 1.81 bits per heavy atom. The molecule has 3 aromatic rings. The van der Waals surface area contributed by atoms with Crippen LogP contribution < -0.4 is 4.74 Å². The smallest absolute Gasteiger partial charge is 0.339 e. The first-order valence-corrected chi connectivity index (χ1v) is 10.8. The second-order valence-electron chi connectivity index (χ2n) is 8.03. The summed E-state index contributed by atoms with van der Waals surface area (Å²) in [5.41, 5.74) is 3.67. The summed E-state index contributed by atoms with van der Waals surface area (Å²) in [4.78, 5) is 25.0. The fourth-order valence-electron chi connectivity index (χ4n) is 3.89. The first-order valence-electron chi connectivity index (χ1n) is 9.95. The third kappa shape index (κ3) is 4.14. The molecule has 0 spiro atoms. The minimum absolute atomic E-state index is 0.0142. The molecule has 1 aliphatic carbocycles. The predicted octanol–water partition coefficient (Wildman–Crippen LogP) is 6.40. The van der Waals surface area contributed by atoms with Gasteiger partial charge in [0, 0.05) is 15.4 Å². The highest BCUT2D eigenvalue weighted by Gasteiger charge is 2.29. The quantitative estimate of drug-likeness (QED) is 0.458. The summed E-state index contributed by atoms with van der Waals surface area (Å²) in [6.45, 7) is 4.71. The van der Waals surface area contributed by atoms with Crippen molar-refractivity contribution >= 4 is 29.1 Å². The van der Waals surface area contributed by atoms with Crippen LogP contribution in [0.5, 0.6) is 5.75 Å². The number of rotatable bonds is 6. The highest BCUT2D eigenvalue weighted by molar-refractivity contribution is 8.08. The lowest BCUT2D eigenvalue weighted by atomic mass is 9.75. The molecule has 0 aromatic heterocycles. The van der Waals surface area contributed by atoms with Crippen LogP contribution in [0.2, 0.25) is 0 Å². The summed E-state index contributed by atoms with van der Waals surface area (Å²) in [5, 5.41) is 9.52. The Hall–Kier alpha value is -3.31. The molecule has 0 bridgehead atoms. The Kier molecular flexibility index (Phi) is 5.70. The number of carbonyl (C=O) groups is 2. The monoisotopic (exact) mass is 430 g/mol. The third-order valence-electron chi connectivity index (χ3n) is 5.51. The van der Waals surface area contributed by atoms with Crippen molar-refractivity contribution in [2.75, 3.05) is 0 Å². The molecule has 1 aliphatic rings. The van der Waals surface area contributed by atoms with Gasteiger partial charge in [0.05, 0.1) is 0 Å². The van der Waals surface area contributed by atoms with Crippen molar-refractivity contribution in [1.82, 2.24) is 0 Å². The predicted molar refractivity (Wildman–Crippen MR) is 123 cm³/mol. The van der Waals surface area contributed by atoms with Gasteiger partial charge in [-0.3, -0.25) is 4.79 Å². The maximum absolute atomic E-state index is 11.6. The fraction of sp³-hybridized carbons (Fsp3) is 0.154. The van der Waals surface area contributed by atoms with Crippen LogP contribution in [-0.2, 0) is 10.2 Å². The summed E-state index contributed by atoms with van der Waals surface area (Å²) < 4.78 is 5.11. The van der Waals surface area contributed by atoms with Gasteiger partial charge in [-0.25, -0.2) is 4.79 Å². The van der Waals surface area contributed by atoms with Crippen molar-refractivity contribution in [1.29, 1.82) is 0 Å². The van der Waals surface area contributed by atoms with Crippen molar-refractivity contribution in [3.63, 3.8) is 0 Å². The molecule has 4 nitrogen and oxygen atoms in total. The number of hydrogen-bond donors (Lipinski definition) is 1. The standard InChI is InChI=1S/C26H22O4S/c1-26(2)14-13-23(31-18-7-4-3-5-8-18)21-15-17(11-12-22(21)26)19-9-6-10-20(25(28)29)24(19)30-16-27/h3-13,15-16H,14H2,1-2H3,(H,28,29). The Morgan fingerprint density at radius 1 is 1.03 bits per heavy atom. The van der Waals surface area contributed by atoms with Crippen molar-refractivity contribution in [2.45, 2.75) is 30.6 Å². The average Bonchev–Trinajstić information content (AvgIpc) is 2.76. The number of benzene rings is 3. The molecule has 0 radical (unpaired) electrons. The van der Waals surface area contributed by atoms with Gasteiger partial charge in [-0.2, -0.15) is 0 Å². The Balaban J connectivity index is 1.85. The summed E-state index contributed by atoms with van der Waals surface area (Å²) in [7, 11) is 0. The number of allylic oxidation sites excluding steroid dienone is 1. The number of carboxylic acids is 1. The van der Waals surface area contributed by atoms with E-state index in [0.29, 0.717) is 5.56 Å². The fourth-order valence-corrected chi connectivity index (χ4v) is 4.89. The van der Waals surface area contributed by atoms with Gasteiger partial charge in [-0.05, 0) is 52.8 Å². The van der Waals surface area contributed by atoms with E-state index in [9.17, 15) is 14.7 Å². The minimum Gasteiger partial charge on any atom is -0.478 e. The zero-order valence-corrected chi connectivity index (χ0v) is 18.1. The first kappa shape index (κ1) is 20.9. The molecule has 5 heteroatoms. The lowest BCUT2D eigenvalue weighted by Gasteiger charge is -2.32. The second kappa shape index (κ2) is 8.44. The Morgan fingerprint density at radius 3 is 2.52 bits per heavy atom. The van der Waals surface area contributed by atoms with Gasteiger partial charge in [0.2, 0.25) is 0 Å². The summed E-state index contributed by atoms with van der Waals surface area (Å²) in [6.07, 6.45) is 3.20. The lowest BCUT2D eigenvalue weighted by Crippen LogP contribution is -2.21. The normalized spacial score (nSPS) is 14.3. The van der Waals surface area contributed by atoms with Crippen molar-refractivity contribution in [3.8, 4) is 16.9 Å². The Bertz CT molecular complexity index is 1180. The van der Waals surface area contributed by atoms with E-state index in [4.69, 9.17) is 4.74 Å². The van der Waals surface area contributed by atoms with E-state index < -0.39 is 5.97 Å². The molecule has 0 unspecified atom stereocenters. The SMILES string of the molecule is CC1(C)CC=C(Sc2ccccc2)c2cc(-c3cccc(C(=O)O)c3OC=O)ccc21. The zero-order valence-electron chi connectivity index (χ0n) is 17.3. The number of aromatic carboxylic acids is 1. The Labute approximate surface area is 185 Å². The van der Waals surface area contributed by atoms with E-state index in [0.717, 1.165) is 27.3 Å². The molecule has 0 amide bonds. The van der Waals surface area contributed by atoms with Crippen molar-refractivity contribution < 1.29 is 19.4 Å². The van der Waals surface area contributed by atoms with E-state index in [1.54, 1.807) is 23.9 Å². The highest BCUT2D eigenvalue weighted by atomic mass is 32.2. The van der Waals surface area contributed by atoms with Crippen LogP contribution in [-0.4, -0.2) is 17.5 Å². The average molecular weight is 431 g/mol. The van der Waals surface area contributed by atoms with Gasteiger partial charge in [-0.1, -0.05) is 74.1 Å². The molecule has 156 valence electrons. The van der Waals surface area contributed by atoms with E-state index in [-0.39, 0.29) is 23.2 Å². The van der Waals surface area contributed by atoms with E-state index in [2.05, 4.69) is 44.2 Å². The van der Waals surface area contributed by atoms with Gasteiger partial charge in [0.25, 0.3) is 6.47 Å². The van der Waals surface area contributed by atoms with Crippen LogP contribution in [0.1, 0.15) is 41.8 Å². The molecule has 3 aromatic carbocycles. The van der Waals surface area contributed by atoms with Crippen molar-refractivity contribution in [2.24, 2.45) is 0 Å². The molecule has 4 rings (SSSR count). The van der Waals surface area contributed by atoms with Gasteiger partial charge in [0.15, 0.2) is 5.75 Å². The molecule has 1 N–H and O–H groups in total. The summed E-state index contributed by atoms with van der Waals surface area (Å²) >= 11 is 1.71. The van der Waals surface area contributed by atoms with E-state index in [1.165, 1.54) is 11.6 Å². The minimum atomic E-state index is -1.14. The first-order chi connectivity index (χ1) is 14.9. The molecule has 0 saturated carbocycles. The molecule has 0 atom stereocenters. The third-order valence-corrected chi connectivity index (χ3v) is 6.62. The number of ether oxygens (including phenoxy) is 1. The van der Waals surface area contributed by atoms with Gasteiger partial charge >= 0.3 is 5.97 Å². The molecule has 0 aliphatic heterocycles. The molecule has 0 saturated heterocycles. The second-order valence-corrected chi connectivity index (χ2v) is 9.15. The van der Waals surface area contributed by atoms with E-state index >= 15 is 0 Å². The van der Waals surface area contributed by atoms with E-state index in [1.807, 2.05) is 24.3 Å². The number of thioether (sulfide) groups is 1. The molecular formula is C26H22O4S. The lowest BCUT2D eigenvalue weighted by molar-refractivity contribution is -0.120. The van der Waals surface area contributed by atoms with Crippen LogP contribution in [0.25, 0.3) is 16.0 Å². The van der Waals surface area contributed by atoms with Crippen LogP contribution in [0.4, 0.5) is 0 Å². The highest BCUT2D eigenvalue weighted by Crippen LogP contribution is 2.47.